The van der Waals surface area contributed by atoms with Crippen LogP contribution in [-0.2, 0) is 9.53 Å². The van der Waals surface area contributed by atoms with E-state index in [1.165, 1.54) is 7.11 Å². The molecule has 0 spiro atoms. The third-order valence-electron chi connectivity index (χ3n) is 2.15. The number of carbonyl (C=O) groups excluding carboxylic acids is 1. The van der Waals surface area contributed by atoms with Crippen molar-refractivity contribution in [3.05, 3.63) is 0 Å². The molecule has 1 amide bonds. The molecule has 0 bridgehead atoms. The maximum Gasteiger partial charge on any atom is 0.249 e. The topological polar surface area (TPSA) is 58.6 Å². The van der Waals surface area contributed by atoms with E-state index in [2.05, 4.69) is 5.32 Å². The fraction of sp³-hybridized carbons (Fsp3) is 0.857. The van der Waals surface area contributed by atoms with Crippen molar-refractivity contribution in [1.82, 2.24) is 5.32 Å². The van der Waals surface area contributed by atoms with Crippen LogP contribution in [-0.4, -0.2) is 36.9 Å². The molecule has 3 atom stereocenters. The highest BCUT2D eigenvalue weighted by Crippen LogP contribution is 2.18. The van der Waals surface area contributed by atoms with Gasteiger partial charge in [-0.3, -0.25) is 4.79 Å². The molecule has 0 radical (unpaired) electrons. The van der Waals surface area contributed by atoms with Crippen molar-refractivity contribution in [2.75, 3.05) is 13.7 Å². The van der Waals surface area contributed by atoms with Crippen molar-refractivity contribution in [2.24, 2.45) is 5.92 Å². The van der Waals surface area contributed by atoms with Gasteiger partial charge in [0.05, 0.1) is 12.6 Å². The lowest BCUT2D eigenvalue weighted by molar-refractivity contribution is -0.128. The van der Waals surface area contributed by atoms with Gasteiger partial charge in [0.15, 0.2) is 0 Å². The quantitative estimate of drug-likeness (QED) is 0.550. The van der Waals surface area contributed by atoms with Crippen LogP contribution in [0, 0.1) is 5.92 Å². The van der Waals surface area contributed by atoms with Gasteiger partial charge < -0.3 is 15.2 Å². The second kappa shape index (κ2) is 3.19. The normalized spacial score (nSPS) is 37.4. The van der Waals surface area contributed by atoms with Crippen LogP contribution in [0.5, 0.6) is 0 Å². The van der Waals surface area contributed by atoms with Crippen molar-refractivity contribution in [1.29, 1.82) is 0 Å². The highest BCUT2D eigenvalue weighted by molar-refractivity contribution is 5.83. The summed E-state index contributed by atoms with van der Waals surface area (Å²) in [5, 5.41) is 11.4. The first kappa shape index (κ1) is 8.49. The average molecular weight is 159 g/mol. The van der Waals surface area contributed by atoms with Gasteiger partial charge in [-0.2, -0.15) is 0 Å². The number of hydrogen-bond donors (Lipinski definition) is 2. The third-order valence-corrected chi connectivity index (χ3v) is 2.15. The van der Waals surface area contributed by atoms with Crippen molar-refractivity contribution >= 4 is 5.91 Å². The molecule has 0 aromatic carbocycles. The molecule has 1 rings (SSSR count). The van der Waals surface area contributed by atoms with Crippen LogP contribution in [0.3, 0.4) is 0 Å². The minimum atomic E-state index is -0.396. The second-order valence-electron chi connectivity index (χ2n) is 2.81. The van der Waals surface area contributed by atoms with Gasteiger partial charge >= 0.3 is 0 Å². The molecular formula is C7H13NO3. The lowest BCUT2D eigenvalue weighted by Gasteiger charge is -2.13. The summed E-state index contributed by atoms with van der Waals surface area (Å²) in [7, 11) is 1.50. The highest BCUT2D eigenvalue weighted by Gasteiger charge is 2.38. The maximum atomic E-state index is 11.0. The molecule has 4 nitrogen and oxygen atoms in total. The molecule has 64 valence electrons. The molecule has 0 unspecified atom stereocenters. The van der Waals surface area contributed by atoms with E-state index >= 15 is 0 Å². The number of methoxy groups -OCH3 is 1. The van der Waals surface area contributed by atoms with Crippen LogP contribution in [0.2, 0.25) is 0 Å². The molecule has 1 heterocycles. The molecule has 1 fully saturated rings. The largest absolute Gasteiger partial charge is 0.394 e. The Balaban J connectivity index is 2.62. The van der Waals surface area contributed by atoms with Crippen molar-refractivity contribution < 1.29 is 14.6 Å². The molecule has 1 aliphatic heterocycles. The van der Waals surface area contributed by atoms with Gasteiger partial charge in [0.1, 0.15) is 6.10 Å². The van der Waals surface area contributed by atoms with Crippen LogP contribution in [0.25, 0.3) is 0 Å². The summed E-state index contributed by atoms with van der Waals surface area (Å²) in [6.45, 7) is 1.86. The highest BCUT2D eigenvalue weighted by atomic mass is 16.5. The summed E-state index contributed by atoms with van der Waals surface area (Å²) in [6, 6.07) is -0.146. The minimum absolute atomic E-state index is 0.0211. The van der Waals surface area contributed by atoms with Gasteiger partial charge in [0.2, 0.25) is 5.91 Å². The molecule has 0 saturated carbocycles. The van der Waals surface area contributed by atoms with E-state index in [0.29, 0.717) is 0 Å². The van der Waals surface area contributed by atoms with Gasteiger partial charge in [-0.05, 0) is 0 Å². The van der Waals surface area contributed by atoms with Crippen LogP contribution in [0.4, 0.5) is 0 Å². The summed E-state index contributed by atoms with van der Waals surface area (Å²) in [4.78, 5) is 11.0. The second-order valence-corrected chi connectivity index (χ2v) is 2.81. The smallest absolute Gasteiger partial charge is 0.249 e. The lowest BCUT2D eigenvalue weighted by atomic mass is 10.0. The molecular weight excluding hydrogens is 146 g/mol. The first-order valence-electron chi connectivity index (χ1n) is 3.64. The Morgan fingerprint density at radius 2 is 2.36 bits per heavy atom. The van der Waals surface area contributed by atoms with E-state index in [1.807, 2.05) is 6.92 Å². The zero-order valence-corrected chi connectivity index (χ0v) is 6.70. The summed E-state index contributed by atoms with van der Waals surface area (Å²) in [5.74, 6) is -0.0726. The van der Waals surface area contributed by atoms with E-state index in [9.17, 15) is 4.79 Å². The number of carbonyl (C=O) groups is 1. The van der Waals surface area contributed by atoms with Crippen molar-refractivity contribution in [3.8, 4) is 0 Å². The van der Waals surface area contributed by atoms with Crippen LogP contribution < -0.4 is 5.32 Å². The first-order valence-corrected chi connectivity index (χ1v) is 3.64. The van der Waals surface area contributed by atoms with E-state index in [0.717, 1.165) is 0 Å². The van der Waals surface area contributed by atoms with Gasteiger partial charge in [-0.25, -0.2) is 0 Å². The van der Waals surface area contributed by atoms with Crippen LogP contribution >= 0.6 is 0 Å². The number of nitrogens with one attached hydrogen (secondary N) is 1. The fourth-order valence-electron chi connectivity index (χ4n) is 1.38. The summed E-state index contributed by atoms with van der Waals surface area (Å²) in [6.07, 6.45) is -0.396. The SMILES string of the molecule is CO[C@H]1C(=O)N[C@H](CO)[C@@H]1C. The van der Waals surface area contributed by atoms with Gasteiger partial charge in [-0.1, -0.05) is 6.92 Å². The molecule has 2 N–H and O–H groups in total. The number of rotatable bonds is 2. The Bertz CT molecular complexity index is 160. The summed E-state index contributed by atoms with van der Waals surface area (Å²) < 4.78 is 4.94. The van der Waals surface area contributed by atoms with Gasteiger partial charge in [-0.15, -0.1) is 0 Å². The Hall–Kier alpha value is -0.610. The summed E-state index contributed by atoms with van der Waals surface area (Å²) >= 11 is 0. The lowest BCUT2D eigenvalue weighted by Crippen LogP contribution is -2.31. The number of hydrogen-bond acceptors (Lipinski definition) is 3. The van der Waals surface area contributed by atoms with Crippen molar-refractivity contribution in [2.45, 2.75) is 19.1 Å². The average Bonchev–Trinajstić information content (AvgIpc) is 2.26. The number of aliphatic hydroxyl groups is 1. The van der Waals surface area contributed by atoms with Crippen LogP contribution in [0.15, 0.2) is 0 Å². The molecule has 0 aromatic rings. The van der Waals surface area contributed by atoms with Crippen molar-refractivity contribution in [3.63, 3.8) is 0 Å². The number of aliphatic hydroxyl groups excluding tert-OH is 1. The van der Waals surface area contributed by atoms with E-state index in [1.54, 1.807) is 0 Å². The summed E-state index contributed by atoms with van der Waals surface area (Å²) in [5.41, 5.74) is 0. The van der Waals surface area contributed by atoms with E-state index in [4.69, 9.17) is 9.84 Å². The Labute approximate surface area is 65.5 Å². The predicted octanol–water partition coefficient (Wildman–Crippen LogP) is -0.872. The van der Waals surface area contributed by atoms with Gasteiger partial charge in [0.25, 0.3) is 0 Å². The zero-order valence-electron chi connectivity index (χ0n) is 6.70. The monoisotopic (exact) mass is 159 g/mol. The first-order chi connectivity index (χ1) is 5.20. The minimum Gasteiger partial charge on any atom is -0.394 e. The van der Waals surface area contributed by atoms with E-state index < -0.39 is 6.10 Å². The zero-order chi connectivity index (χ0) is 8.43. The molecule has 1 aliphatic rings. The third kappa shape index (κ3) is 1.36. The number of ether oxygens (including phenoxy) is 1. The van der Waals surface area contributed by atoms with E-state index in [-0.39, 0.29) is 24.5 Å². The predicted molar refractivity (Wildman–Crippen MR) is 39.0 cm³/mol. The molecule has 11 heavy (non-hydrogen) atoms. The molecule has 1 saturated heterocycles. The molecule has 0 aromatic heterocycles. The maximum absolute atomic E-state index is 11.0. The Morgan fingerprint density at radius 1 is 1.73 bits per heavy atom. The van der Waals surface area contributed by atoms with Crippen LogP contribution in [0.1, 0.15) is 6.92 Å². The Kier molecular flexibility index (Phi) is 2.46. The number of amides is 1. The Morgan fingerprint density at radius 3 is 2.64 bits per heavy atom. The standard InChI is InChI=1S/C7H13NO3/c1-4-5(3-9)8-7(10)6(4)11-2/h4-6,9H,3H2,1-2H3,(H,8,10)/t4-,5+,6+/m0/s1. The fourth-order valence-corrected chi connectivity index (χ4v) is 1.38. The molecule has 4 heteroatoms. The molecule has 0 aliphatic carbocycles. The van der Waals surface area contributed by atoms with Gasteiger partial charge in [0, 0.05) is 13.0 Å².